The zero-order valence-electron chi connectivity index (χ0n) is 11.2. The van der Waals surface area contributed by atoms with Gasteiger partial charge >= 0.3 is 0 Å². The van der Waals surface area contributed by atoms with Crippen LogP contribution in [0.4, 0.5) is 5.82 Å². The Morgan fingerprint density at radius 1 is 1.20 bits per heavy atom. The normalized spacial score (nSPS) is 15.2. The fourth-order valence-electron chi connectivity index (χ4n) is 2.30. The van der Waals surface area contributed by atoms with Gasteiger partial charge in [-0.25, -0.2) is 13.4 Å². The van der Waals surface area contributed by atoms with Gasteiger partial charge in [0.25, 0.3) is 0 Å². The Labute approximate surface area is 118 Å². The van der Waals surface area contributed by atoms with E-state index in [1.165, 1.54) is 0 Å². The molecule has 0 bridgehead atoms. The number of hydrogen-bond donors (Lipinski definition) is 1. The predicted octanol–water partition coefficient (Wildman–Crippen LogP) is 2.58. The Bertz CT molecular complexity index is 765. The molecule has 1 heterocycles. The van der Waals surface area contributed by atoms with Crippen LogP contribution in [0.1, 0.15) is 18.5 Å². The summed E-state index contributed by atoms with van der Waals surface area (Å²) in [5.41, 5.74) is 8.21. The van der Waals surface area contributed by atoms with Crippen molar-refractivity contribution in [3.63, 3.8) is 0 Å². The second-order valence-corrected chi connectivity index (χ2v) is 7.37. The number of nitrogens with two attached hydrogens (primary N) is 1. The summed E-state index contributed by atoms with van der Waals surface area (Å²) in [4.78, 5) is 4.61. The largest absolute Gasteiger partial charge is 0.384 e. The van der Waals surface area contributed by atoms with Gasteiger partial charge in [-0.05, 0) is 49.6 Å². The SMILES string of the molecule is Cc1nc(N)ccc1-c1cccc(S(=O)(=O)C2CC2)c1. The summed E-state index contributed by atoms with van der Waals surface area (Å²) in [5.74, 6) is 0.466. The van der Waals surface area contributed by atoms with E-state index >= 15 is 0 Å². The number of anilines is 1. The molecule has 0 unspecified atom stereocenters. The summed E-state index contributed by atoms with van der Waals surface area (Å²) >= 11 is 0. The molecule has 0 saturated heterocycles. The molecule has 0 aliphatic heterocycles. The minimum absolute atomic E-state index is 0.191. The number of pyridine rings is 1. The number of nitrogens with zero attached hydrogens (tertiary/aromatic N) is 1. The third-order valence-electron chi connectivity index (χ3n) is 3.54. The zero-order valence-corrected chi connectivity index (χ0v) is 12.0. The van der Waals surface area contributed by atoms with Crippen LogP contribution in [0, 0.1) is 6.92 Å². The third kappa shape index (κ3) is 2.29. The molecule has 104 valence electrons. The Kier molecular flexibility index (Phi) is 3.01. The van der Waals surface area contributed by atoms with Gasteiger partial charge in [0, 0.05) is 11.3 Å². The molecule has 5 heteroatoms. The van der Waals surface area contributed by atoms with Gasteiger partial charge in [-0.3, -0.25) is 0 Å². The number of nitrogen functional groups attached to an aromatic ring is 1. The third-order valence-corrected chi connectivity index (χ3v) is 5.80. The predicted molar refractivity (Wildman–Crippen MR) is 79.0 cm³/mol. The van der Waals surface area contributed by atoms with E-state index in [1.807, 2.05) is 19.1 Å². The molecule has 0 spiro atoms. The van der Waals surface area contributed by atoms with Gasteiger partial charge in [0.05, 0.1) is 10.1 Å². The van der Waals surface area contributed by atoms with Crippen LogP contribution < -0.4 is 5.73 Å². The Morgan fingerprint density at radius 2 is 1.95 bits per heavy atom. The molecule has 1 aliphatic carbocycles. The first-order valence-electron chi connectivity index (χ1n) is 6.56. The van der Waals surface area contributed by atoms with E-state index in [4.69, 9.17) is 5.73 Å². The van der Waals surface area contributed by atoms with Crippen molar-refractivity contribution in [3.8, 4) is 11.1 Å². The van der Waals surface area contributed by atoms with Crippen molar-refractivity contribution in [1.29, 1.82) is 0 Å². The molecule has 1 aromatic carbocycles. The van der Waals surface area contributed by atoms with Crippen LogP contribution in [0.2, 0.25) is 0 Å². The van der Waals surface area contributed by atoms with Gasteiger partial charge in [-0.2, -0.15) is 0 Å². The quantitative estimate of drug-likeness (QED) is 0.942. The van der Waals surface area contributed by atoms with E-state index in [9.17, 15) is 8.42 Å². The number of hydrogen-bond acceptors (Lipinski definition) is 4. The molecule has 2 aromatic rings. The molecule has 2 N–H and O–H groups in total. The Hall–Kier alpha value is -1.88. The van der Waals surface area contributed by atoms with E-state index in [1.54, 1.807) is 24.3 Å². The van der Waals surface area contributed by atoms with Gasteiger partial charge in [0.2, 0.25) is 0 Å². The summed E-state index contributed by atoms with van der Waals surface area (Å²) in [7, 11) is -3.16. The fraction of sp³-hybridized carbons (Fsp3) is 0.267. The van der Waals surface area contributed by atoms with E-state index in [0.717, 1.165) is 29.7 Å². The standard InChI is InChI=1S/C15H16N2O2S/c1-10-14(7-8-15(16)17-10)11-3-2-4-13(9-11)20(18,19)12-5-6-12/h2-4,7-9,12H,5-6H2,1H3,(H2,16,17). The van der Waals surface area contributed by atoms with Crippen LogP contribution >= 0.6 is 0 Å². The van der Waals surface area contributed by atoms with Gasteiger partial charge in [-0.1, -0.05) is 12.1 Å². The maximum absolute atomic E-state index is 12.3. The van der Waals surface area contributed by atoms with Crippen molar-refractivity contribution < 1.29 is 8.42 Å². The molecular weight excluding hydrogens is 272 g/mol. The summed E-state index contributed by atoms with van der Waals surface area (Å²) in [6, 6.07) is 10.7. The van der Waals surface area contributed by atoms with Crippen molar-refractivity contribution >= 4 is 15.7 Å². The number of rotatable bonds is 3. The lowest BCUT2D eigenvalue weighted by molar-refractivity contribution is 0.595. The molecule has 1 aromatic heterocycles. The van der Waals surface area contributed by atoms with Gasteiger partial charge < -0.3 is 5.73 Å². The lowest BCUT2D eigenvalue weighted by atomic mass is 10.0. The minimum atomic E-state index is -3.16. The van der Waals surface area contributed by atoms with Crippen LogP contribution in [-0.4, -0.2) is 18.7 Å². The number of aryl methyl sites for hydroxylation is 1. The van der Waals surface area contributed by atoms with Crippen LogP contribution in [0.5, 0.6) is 0 Å². The minimum Gasteiger partial charge on any atom is -0.384 e. The smallest absolute Gasteiger partial charge is 0.181 e. The van der Waals surface area contributed by atoms with E-state index < -0.39 is 9.84 Å². The highest BCUT2D eigenvalue weighted by atomic mass is 32.2. The summed E-state index contributed by atoms with van der Waals surface area (Å²) in [5, 5.41) is -0.191. The Balaban J connectivity index is 2.07. The number of sulfone groups is 1. The Morgan fingerprint density at radius 3 is 2.60 bits per heavy atom. The summed E-state index contributed by atoms with van der Waals surface area (Å²) in [6.45, 7) is 1.87. The monoisotopic (exact) mass is 288 g/mol. The second kappa shape index (κ2) is 4.59. The van der Waals surface area contributed by atoms with Crippen molar-refractivity contribution in [1.82, 2.24) is 4.98 Å². The first-order valence-corrected chi connectivity index (χ1v) is 8.10. The van der Waals surface area contributed by atoms with Crippen molar-refractivity contribution in [2.45, 2.75) is 29.9 Å². The van der Waals surface area contributed by atoms with Crippen LogP contribution in [0.25, 0.3) is 11.1 Å². The fourth-order valence-corrected chi connectivity index (χ4v) is 4.00. The summed E-state index contributed by atoms with van der Waals surface area (Å²) < 4.78 is 24.6. The van der Waals surface area contributed by atoms with Crippen molar-refractivity contribution in [3.05, 3.63) is 42.1 Å². The lowest BCUT2D eigenvalue weighted by Gasteiger charge is -2.08. The average Bonchev–Trinajstić information content (AvgIpc) is 3.23. The second-order valence-electron chi connectivity index (χ2n) is 5.14. The highest BCUT2D eigenvalue weighted by Gasteiger charge is 2.36. The maximum Gasteiger partial charge on any atom is 0.181 e. The van der Waals surface area contributed by atoms with Gasteiger partial charge in [0.15, 0.2) is 9.84 Å². The highest BCUT2D eigenvalue weighted by Crippen LogP contribution is 2.35. The average molecular weight is 288 g/mol. The van der Waals surface area contributed by atoms with Gasteiger partial charge in [-0.15, -0.1) is 0 Å². The van der Waals surface area contributed by atoms with Crippen molar-refractivity contribution in [2.24, 2.45) is 0 Å². The molecule has 3 rings (SSSR count). The molecule has 0 atom stereocenters. The first-order chi connectivity index (χ1) is 9.48. The van der Waals surface area contributed by atoms with Gasteiger partial charge in [0.1, 0.15) is 5.82 Å². The van der Waals surface area contributed by atoms with Crippen LogP contribution in [-0.2, 0) is 9.84 Å². The molecular formula is C15H16N2O2S. The van der Waals surface area contributed by atoms with E-state index in [2.05, 4.69) is 4.98 Å². The number of aromatic nitrogens is 1. The summed E-state index contributed by atoms with van der Waals surface area (Å²) in [6.07, 6.45) is 1.55. The molecule has 1 saturated carbocycles. The van der Waals surface area contributed by atoms with Crippen LogP contribution in [0.3, 0.4) is 0 Å². The molecule has 0 radical (unpaired) electrons. The molecule has 20 heavy (non-hydrogen) atoms. The number of benzene rings is 1. The topological polar surface area (TPSA) is 73.0 Å². The van der Waals surface area contributed by atoms with E-state index in [0.29, 0.717) is 10.7 Å². The molecule has 4 nitrogen and oxygen atoms in total. The first kappa shape index (κ1) is 13.1. The highest BCUT2D eigenvalue weighted by molar-refractivity contribution is 7.92. The zero-order chi connectivity index (χ0) is 14.3. The van der Waals surface area contributed by atoms with Crippen molar-refractivity contribution in [2.75, 3.05) is 5.73 Å². The molecule has 0 amide bonds. The lowest BCUT2D eigenvalue weighted by Crippen LogP contribution is -2.07. The maximum atomic E-state index is 12.3. The van der Waals surface area contributed by atoms with Crippen LogP contribution in [0.15, 0.2) is 41.3 Å². The molecule has 1 fully saturated rings. The van der Waals surface area contributed by atoms with E-state index in [-0.39, 0.29) is 5.25 Å². The molecule has 1 aliphatic rings.